The molecular weight excluding hydrogens is 634 g/mol. The summed E-state index contributed by atoms with van der Waals surface area (Å²) in [4.78, 5) is 17.1. The molecule has 1 saturated heterocycles. The Kier molecular flexibility index (Phi) is 12.2. The maximum Gasteiger partial charge on any atom is 0.331 e. The van der Waals surface area contributed by atoms with Gasteiger partial charge in [0.05, 0.1) is 29.5 Å². The molecule has 0 aromatic heterocycles. The lowest BCUT2D eigenvalue weighted by Gasteiger charge is -2.66. The molecule has 9 nitrogen and oxygen atoms in total. The number of ether oxygens (including phenoxy) is 3. The van der Waals surface area contributed by atoms with E-state index in [-0.39, 0.29) is 41.7 Å². The summed E-state index contributed by atoms with van der Waals surface area (Å²) >= 11 is 0. The summed E-state index contributed by atoms with van der Waals surface area (Å²) in [6.45, 7) is 7.33. The number of aliphatic hydroxyl groups is 4. The van der Waals surface area contributed by atoms with Gasteiger partial charge in [0.2, 0.25) is 0 Å². The number of esters is 1. The number of hydrogen-bond acceptors (Lipinski definition) is 9. The van der Waals surface area contributed by atoms with Crippen LogP contribution < -0.4 is 0 Å². The van der Waals surface area contributed by atoms with Crippen molar-refractivity contribution in [1.29, 1.82) is 0 Å². The zero-order valence-electron chi connectivity index (χ0n) is 31.2. The Balaban J connectivity index is 1.15. The van der Waals surface area contributed by atoms with Crippen LogP contribution in [0.25, 0.3) is 0 Å². The van der Waals surface area contributed by atoms with E-state index in [2.05, 4.69) is 20.1 Å². The fraction of sp³-hybridized carbons (Fsp3) is 0.902. The second-order valence-corrected chi connectivity index (χ2v) is 17.4. The van der Waals surface area contributed by atoms with Gasteiger partial charge in [-0.2, -0.15) is 0 Å². The van der Waals surface area contributed by atoms with Crippen LogP contribution in [0.1, 0.15) is 149 Å². The summed E-state index contributed by atoms with van der Waals surface area (Å²) in [5.74, 6) is -0.0252. The van der Waals surface area contributed by atoms with Gasteiger partial charge in [0.25, 0.3) is 0 Å². The van der Waals surface area contributed by atoms with Gasteiger partial charge in [-0.15, -0.1) is 0 Å². The monoisotopic (exact) mass is 701 g/mol. The van der Waals surface area contributed by atoms with E-state index in [9.17, 15) is 25.2 Å². The molecule has 50 heavy (non-hydrogen) atoms. The molecule has 4 saturated carbocycles. The number of unbranched alkanes of at least 4 members (excludes halogenated alkanes) is 9. The van der Waals surface area contributed by atoms with Gasteiger partial charge in [-0.1, -0.05) is 71.6 Å². The third-order valence-corrected chi connectivity index (χ3v) is 14.6. The summed E-state index contributed by atoms with van der Waals surface area (Å²) in [5, 5.41) is 46.2. The van der Waals surface area contributed by atoms with Gasteiger partial charge < -0.3 is 34.6 Å². The first-order valence-corrected chi connectivity index (χ1v) is 20.5. The van der Waals surface area contributed by atoms with Crippen molar-refractivity contribution in [1.82, 2.24) is 0 Å². The van der Waals surface area contributed by atoms with Gasteiger partial charge in [-0.05, 0) is 88.0 Å². The Morgan fingerprint density at radius 3 is 2.30 bits per heavy atom. The largest absolute Gasteiger partial charge is 0.458 e. The summed E-state index contributed by atoms with van der Waals surface area (Å²) in [6.07, 6.45) is 20.0. The predicted octanol–water partition coefficient (Wildman–Crippen LogP) is 6.57. The number of rotatable bonds is 15. The molecule has 5 fully saturated rings. The molecule has 0 spiro atoms. The van der Waals surface area contributed by atoms with Gasteiger partial charge in [-0.25, -0.2) is 4.79 Å². The highest BCUT2D eigenvalue weighted by Crippen LogP contribution is 2.70. The van der Waals surface area contributed by atoms with Gasteiger partial charge in [0, 0.05) is 42.5 Å². The number of cyclic esters (lactones) is 1. The number of hydrogen-bond donors (Lipinski definition) is 4. The second kappa shape index (κ2) is 15.9. The zero-order valence-corrected chi connectivity index (χ0v) is 31.2. The normalized spacial score (nSPS) is 44.5. The quantitative estimate of drug-likeness (QED) is 0.0651. The van der Waals surface area contributed by atoms with E-state index in [0.29, 0.717) is 32.3 Å². The summed E-state index contributed by atoms with van der Waals surface area (Å²) < 4.78 is 17.7. The van der Waals surface area contributed by atoms with Crippen LogP contribution in [0.4, 0.5) is 0 Å². The third-order valence-electron chi connectivity index (χ3n) is 14.6. The van der Waals surface area contributed by atoms with Crippen LogP contribution in [-0.2, 0) is 19.0 Å². The average molecular weight is 702 g/mol. The second-order valence-electron chi connectivity index (χ2n) is 17.4. The van der Waals surface area contributed by atoms with Gasteiger partial charge >= 0.3 is 5.97 Å². The molecule has 4 N–H and O–H groups in total. The van der Waals surface area contributed by atoms with E-state index in [1.165, 1.54) is 57.8 Å². The van der Waals surface area contributed by atoms with Crippen molar-refractivity contribution in [3.8, 4) is 0 Å². The number of aliphatic hydroxyl groups excluding tert-OH is 2. The standard InChI is InChI=1S/C41H67NO8/c1-4-5-6-7-8-9-10-11-12-13-22-42-27-39-19-14-30(50-36-24-34(43)37(45)28(2)49-36)25-40(39,46)20-16-33-32(39)15-18-38(3)31(17-21-41(33,38)47)29-23-35(44)48-26-29/h23,27-28,30-34,36-37,43,45-47H,4-22,24-26H2,1-3H3/t28-,30+,31-,32+,33-,34+,36-,37+,38-,39+,40+,41+/m1/s1. The van der Waals surface area contributed by atoms with Gasteiger partial charge in [0.1, 0.15) is 12.7 Å². The van der Waals surface area contributed by atoms with E-state index in [1.54, 1.807) is 13.0 Å². The molecule has 0 bridgehead atoms. The molecule has 9 heteroatoms. The van der Waals surface area contributed by atoms with Crippen LogP contribution in [0.15, 0.2) is 16.6 Å². The SMILES string of the molecule is CCCCCCCCCCCCN=C[C@]12CC[C@H](O[C@@H]3C[C@H](O)[C@@H](O)[C@@H](C)O3)C[C@@]1(O)CC[C@@H]1[C@@H]2CC[C@]2(C)[C@@H](C3=CC(=O)OC3)CC[C@]12O. The first-order chi connectivity index (χ1) is 24.0. The molecule has 4 aliphatic carbocycles. The highest BCUT2D eigenvalue weighted by Gasteiger charge is 2.71. The minimum Gasteiger partial charge on any atom is -0.458 e. The van der Waals surface area contributed by atoms with Crippen molar-refractivity contribution in [2.75, 3.05) is 13.2 Å². The molecule has 6 rings (SSSR count). The van der Waals surface area contributed by atoms with Crippen LogP contribution >= 0.6 is 0 Å². The molecule has 0 amide bonds. The van der Waals surface area contributed by atoms with Crippen LogP contribution in [0.5, 0.6) is 0 Å². The van der Waals surface area contributed by atoms with Gasteiger partial charge in [-0.3, -0.25) is 4.99 Å². The van der Waals surface area contributed by atoms with Crippen LogP contribution in [-0.4, -0.2) is 87.7 Å². The molecule has 6 aliphatic rings. The summed E-state index contributed by atoms with van der Waals surface area (Å²) in [6, 6.07) is 0. The Bertz CT molecular complexity index is 1210. The number of nitrogens with zero attached hydrogens (tertiary/aromatic N) is 1. The molecule has 0 radical (unpaired) electrons. The van der Waals surface area contributed by atoms with Crippen LogP contribution in [0, 0.1) is 28.6 Å². The van der Waals surface area contributed by atoms with E-state index in [4.69, 9.17) is 19.2 Å². The molecule has 2 aliphatic heterocycles. The van der Waals surface area contributed by atoms with Crippen molar-refractivity contribution < 1.29 is 39.4 Å². The molecule has 0 aromatic rings. The third kappa shape index (κ3) is 7.26. The Morgan fingerprint density at radius 1 is 0.920 bits per heavy atom. The Morgan fingerprint density at radius 2 is 1.62 bits per heavy atom. The summed E-state index contributed by atoms with van der Waals surface area (Å²) in [7, 11) is 0. The molecular formula is C41H67NO8. The molecule has 12 atom stereocenters. The van der Waals surface area contributed by atoms with Crippen molar-refractivity contribution >= 4 is 12.2 Å². The van der Waals surface area contributed by atoms with Crippen molar-refractivity contribution in [3.05, 3.63) is 11.6 Å². The van der Waals surface area contributed by atoms with Gasteiger partial charge in [0.15, 0.2) is 6.29 Å². The van der Waals surface area contributed by atoms with E-state index >= 15 is 0 Å². The lowest BCUT2D eigenvalue weighted by molar-refractivity contribution is -0.282. The topological polar surface area (TPSA) is 138 Å². The Labute approximate surface area is 300 Å². The maximum absolute atomic E-state index is 12.8. The predicted molar refractivity (Wildman–Crippen MR) is 193 cm³/mol. The van der Waals surface area contributed by atoms with Crippen LogP contribution in [0.2, 0.25) is 0 Å². The minimum absolute atomic E-state index is 0.0329. The van der Waals surface area contributed by atoms with Crippen molar-refractivity contribution in [2.24, 2.45) is 33.6 Å². The minimum atomic E-state index is -1.03. The maximum atomic E-state index is 12.8. The summed E-state index contributed by atoms with van der Waals surface area (Å²) in [5.41, 5.74) is -1.80. The first kappa shape index (κ1) is 38.4. The van der Waals surface area contributed by atoms with Crippen molar-refractivity contribution in [2.45, 2.75) is 191 Å². The molecule has 284 valence electrons. The fourth-order valence-corrected chi connectivity index (χ4v) is 11.7. The van der Waals surface area contributed by atoms with E-state index < -0.39 is 41.2 Å². The molecule has 2 heterocycles. The van der Waals surface area contributed by atoms with E-state index in [0.717, 1.165) is 50.6 Å². The molecule has 0 aromatic carbocycles. The lowest BCUT2D eigenvalue weighted by atomic mass is 9.41. The van der Waals surface area contributed by atoms with Crippen LogP contribution in [0.3, 0.4) is 0 Å². The zero-order chi connectivity index (χ0) is 35.6. The first-order valence-electron chi connectivity index (χ1n) is 20.5. The highest BCUT2D eigenvalue weighted by atomic mass is 16.7. The lowest BCUT2D eigenvalue weighted by Crippen LogP contribution is -2.69. The average Bonchev–Trinajstić information content (AvgIpc) is 3.63. The molecule has 0 unspecified atom stereocenters. The highest BCUT2D eigenvalue weighted by molar-refractivity contribution is 5.85. The number of carbonyl (C=O) groups is 1. The number of aliphatic imine (C=N–C) groups is 1. The van der Waals surface area contributed by atoms with E-state index in [1.807, 2.05) is 0 Å². The Hall–Kier alpha value is -1.36. The fourth-order valence-electron chi connectivity index (χ4n) is 11.7. The number of fused-ring (bicyclic) bond motifs is 5. The van der Waals surface area contributed by atoms with Crippen molar-refractivity contribution in [3.63, 3.8) is 0 Å². The number of carbonyl (C=O) groups excluding carboxylic acids is 1. The smallest absolute Gasteiger partial charge is 0.331 e.